The molecule has 5 heteroatoms. The van der Waals surface area contributed by atoms with E-state index in [0.717, 1.165) is 7.11 Å². The molecule has 94 valence electrons. The van der Waals surface area contributed by atoms with Crippen molar-refractivity contribution in [2.75, 3.05) is 7.11 Å². The first-order chi connectivity index (χ1) is 7.95. The molecule has 0 aromatic heterocycles. The van der Waals surface area contributed by atoms with E-state index in [0.29, 0.717) is 24.0 Å². The lowest BCUT2D eigenvalue weighted by Gasteiger charge is -2.21. The van der Waals surface area contributed by atoms with Gasteiger partial charge in [0.25, 0.3) is 0 Å². The van der Waals surface area contributed by atoms with Crippen LogP contribution >= 0.6 is 0 Å². The van der Waals surface area contributed by atoms with Crippen LogP contribution < -0.4 is 0 Å². The molecule has 17 heavy (non-hydrogen) atoms. The maximum atomic E-state index is 12.8. The topological polar surface area (TPSA) is 29.5 Å². The Kier molecular flexibility index (Phi) is 3.14. The van der Waals surface area contributed by atoms with Crippen LogP contribution in [-0.2, 0) is 11.2 Å². The average Bonchev–Trinajstić information content (AvgIpc) is 2.61. The number of aliphatic hydroxyl groups excluding tert-OH is 1. The highest BCUT2D eigenvalue weighted by Gasteiger charge is 2.43. The van der Waals surface area contributed by atoms with E-state index in [-0.39, 0.29) is 5.56 Å². The average molecular weight is 246 g/mol. The molecule has 1 aliphatic rings. The number of fused-ring (bicyclic) bond motifs is 1. The highest BCUT2D eigenvalue weighted by molar-refractivity contribution is 5.41. The quantitative estimate of drug-likeness (QED) is 0.869. The molecule has 2 atom stereocenters. The maximum Gasteiger partial charge on any atom is 0.418 e. The predicted octanol–water partition coefficient (Wildman–Crippen LogP) is 2.92. The van der Waals surface area contributed by atoms with Crippen LogP contribution in [-0.4, -0.2) is 18.4 Å². The summed E-state index contributed by atoms with van der Waals surface area (Å²) in [6, 6.07) is 4.61. The fraction of sp³-hybridized carbons (Fsp3) is 0.500. The zero-order valence-electron chi connectivity index (χ0n) is 9.29. The molecule has 1 aromatic carbocycles. The van der Waals surface area contributed by atoms with E-state index in [1.807, 2.05) is 0 Å². The van der Waals surface area contributed by atoms with E-state index in [9.17, 15) is 18.3 Å². The lowest BCUT2D eigenvalue weighted by atomic mass is 9.98. The standard InChI is InChI=1S/C12H13F3O2/c1-17-11(12(13,14)15)9-4-2-3-8-7(9)5-6-10(8)16/h2-4,10-11,16H,5-6H2,1H3/t10-,11-/m0/s1. The number of hydrogen-bond donors (Lipinski definition) is 1. The molecule has 0 radical (unpaired) electrons. The highest BCUT2D eigenvalue weighted by atomic mass is 19.4. The van der Waals surface area contributed by atoms with Gasteiger partial charge >= 0.3 is 6.18 Å². The molecule has 0 amide bonds. The summed E-state index contributed by atoms with van der Waals surface area (Å²) >= 11 is 0. The van der Waals surface area contributed by atoms with Crippen LogP contribution in [0.1, 0.15) is 35.3 Å². The van der Waals surface area contributed by atoms with E-state index >= 15 is 0 Å². The van der Waals surface area contributed by atoms with Gasteiger partial charge in [-0.15, -0.1) is 0 Å². The van der Waals surface area contributed by atoms with Crippen molar-refractivity contribution in [3.05, 3.63) is 34.9 Å². The zero-order chi connectivity index (χ0) is 12.6. The monoisotopic (exact) mass is 246 g/mol. The van der Waals surface area contributed by atoms with Gasteiger partial charge < -0.3 is 9.84 Å². The van der Waals surface area contributed by atoms with Gasteiger partial charge in [-0.25, -0.2) is 0 Å². The van der Waals surface area contributed by atoms with Crippen LogP contribution in [0.4, 0.5) is 13.2 Å². The molecule has 2 nitrogen and oxygen atoms in total. The van der Waals surface area contributed by atoms with Crippen molar-refractivity contribution in [2.24, 2.45) is 0 Å². The van der Waals surface area contributed by atoms with Crippen molar-refractivity contribution in [2.45, 2.75) is 31.2 Å². The number of benzene rings is 1. The lowest BCUT2D eigenvalue weighted by molar-refractivity contribution is -0.216. The Labute approximate surface area is 97.0 Å². The summed E-state index contributed by atoms with van der Waals surface area (Å²) in [5.74, 6) is 0. The van der Waals surface area contributed by atoms with Gasteiger partial charge in [0.15, 0.2) is 6.10 Å². The van der Waals surface area contributed by atoms with Gasteiger partial charge in [0.05, 0.1) is 6.10 Å². The summed E-state index contributed by atoms with van der Waals surface area (Å²) in [6.07, 6.45) is -6.07. The number of alkyl halides is 3. The second-order valence-corrected chi connectivity index (χ2v) is 4.13. The summed E-state index contributed by atoms with van der Waals surface area (Å²) in [7, 11) is 1.04. The molecule has 0 saturated carbocycles. The van der Waals surface area contributed by atoms with Crippen LogP contribution in [0, 0.1) is 0 Å². The molecule has 1 aromatic rings. The van der Waals surface area contributed by atoms with Crippen LogP contribution in [0.15, 0.2) is 18.2 Å². The maximum absolute atomic E-state index is 12.8. The number of hydrogen-bond acceptors (Lipinski definition) is 2. The van der Waals surface area contributed by atoms with Crippen molar-refractivity contribution in [1.82, 2.24) is 0 Å². The van der Waals surface area contributed by atoms with Crippen molar-refractivity contribution in [1.29, 1.82) is 0 Å². The van der Waals surface area contributed by atoms with Gasteiger partial charge in [-0.2, -0.15) is 13.2 Å². The summed E-state index contributed by atoms with van der Waals surface area (Å²) in [5.41, 5.74) is 1.28. The van der Waals surface area contributed by atoms with Crippen LogP contribution in [0.2, 0.25) is 0 Å². The number of aliphatic hydroxyl groups is 1. The van der Waals surface area contributed by atoms with E-state index in [1.165, 1.54) is 12.1 Å². The van der Waals surface area contributed by atoms with Gasteiger partial charge in [0.2, 0.25) is 0 Å². The first kappa shape index (κ1) is 12.4. The Morgan fingerprint density at radius 3 is 2.71 bits per heavy atom. The Bertz CT molecular complexity index is 415. The zero-order valence-corrected chi connectivity index (χ0v) is 9.29. The van der Waals surface area contributed by atoms with Crippen molar-refractivity contribution >= 4 is 0 Å². The largest absolute Gasteiger partial charge is 0.418 e. The van der Waals surface area contributed by atoms with Gasteiger partial charge in [0, 0.05) is 7.11 Å². The van der Waals surface area contributed by atoms with Crippen LogP contribution in [0.25, 0.3) is 0 Å². The van der Waals surface area contributed by atoms with Crippen LogP contribution in [0.5, 0.6) is 0 Å². The van der Waals surface area contributed by atoms with Crippen molar-refractivity contribution in [3.63, 3.8) is 0 Å². The van der Waals surface area contributed by atoms with Crippen LogP contribution in [0.3, 0.4) is 0 Å². The minimum absolute atomic E-state index is 0.119. The number of rotatable bonds is 2. The van der Waals surface area contributed by atoms with Crippen molar-refractivity contribution < 1.29 is 23.0 Å². The summed E-state index contributed by atoms with van der Waals surface area (Å²) in [5, 5.41) is 9.64. The predicted molar refractivity (Wildman–Crippen MR) is 55.5 cm³/mol. The molecule has 0 bridgehead atoms. The molecule has 0 spiro atoms. The third-order valence-corrected chi connectivity index (χ3v) is 3.09. The highest BCUT2D eigenvalue weighted by Crippen LogP contribution is 2.41. The first-order valence-electron chi connectivity index (χ1n) is 5.34. The molecule has 2 rings (SSSR count). The SMILES string of the molecule is CO[C@@H](c1cccc2c1CC[C@@H]2O)C(F)(F)F. The molecule has 1 aliphatic carbocycles. The van der Waals surface area contributed by atoms with E-state index in [1.54, 1.807) is 6.07 Å². The fourth-order valence-electron chi connectivity index (χ4n) is 2.34. The summed E-state index contributed by atoms with van der Waals surface area (Å²) in [4.78, 5) is 0. The Balaban J connectivity index is 2.46. The summed E-state index contributed by atoms with van der Waals surface area (Å²) in [6.45, 7) is 0. The molecule has 0 saturated heterocycles. The van der Waals surface area contributed by atoms with Gasteiger partial charge in [-0.1, -0.05) is 18.2 Å². The van der Waals surface area contributed by atoms with E-state index in [4.69, 9.17) is 0 Å². The number of methoxy groups -OCH3 is 1. The fourth-order valence-corrected chi connectivity index (χ4v) is 2.34. The molecule has 0 fully saturated rings. The molecule has 0 aliphatic heterocycles. The Morgan fingerprint density at radius 2 is 2.12 bits per heavy atom. The molecule has 0 heterocycles. The Morgan fingerprint density at radius 1 is 1.41 bits per heavy atom. The van der Waals surface area contributed by atoms with Crippen molar-refractivity contribution in [3.8, 4) is 0 Å². The normalized spacial score (nSPS) is 21.4. The molecular weight excluding hydrogens is 233 g/mol. The third-order valence-electron chi connectivity index (χ3n) is 3.09. The molecule has 0 unspecified atom stereocenters. The summed E-state index contributed by atoms with van der Waals surface area (Å²) < 4.78 is 42.9. The molecule has 1 N–H and O–H groups in total. The number of ether oxygens (including phenoxy) is 1. The van der Waals surface area contributed by atoms with Gasteiger partial charge in [-0.3, -0.25) is 0 Å². The lowest BCUT2D eigenvalue weighted by Crippen LogP contribution is -2.23. The van der Waals surface area contributed by atoms with E-state index in [2.05, 4.69) is 4.74 Å². The minimum Gasteiger partial charge on any atom is -0.388 e. The number of halogens is 3. The Hall–Kier alpha value is -1.07. The second kappa shape index (κ2) is 4.31. The van der Waals surface area contributed by atoms with Gasteiger partial charge in [0.1, 0.15) is 0 Å². The van der Waals surface area contributed by atoms with E-state index < -0.39 is 18.4 Å². The first-order valence-corrected chi connectivity index (χ1v) is 5.34. The second-order valence-electron chi connectivity index (χ2n) is 4.13. The minimum atomic E-state index is -4.43. The van der Waals surface area contributed by atoms with Gasteiger partial charge in [-0.05, 0) is 29.5 Å². The molecular formula is C12H13F3O2. The smallest absolute Gasteiger partial charge is 0.388 e. The third kappa shape index (κ3) is 2.17.